The summed E-state index contributed by atoms with van der Waals surface area (Å²) < 4.78 is 0. The van der Waals surface area contributed by atoms with Gasteiger partial charge in [-0.2, -0.15) is 5.26 Å². The molecular weight excluding hydrogens is 244 g/mol. The molecule has 2 rings (SSSR count). The van der Waals surface area contributed by atoms with Crippen LogP contribution in [0.25, 0.3) is 0 Å². The highest BCUT2D eigenvalue weighted by Crippen LogP contribution is 2.34. The van der Waals surface area contributed by atoms with Crippen molar-refractivity contribution in [1.82, 2.24) is 4.90 Å². The molecule has 0 unspecified atom stereocenters. The third-order valence-electron chi connectivity index (χ3n) is 3.64. The van der Waals surface area contributed by atoms with Crippen LogP contribution in [0.5, 0.6) is 0 Å². The normalized spacial score (nSPS) is 18.4. The first kappa shape index (κ1) is 14.8. The fourth-order valence-corrected chi connectivity index (χ4v) is 2.52. The maximum absolute atomic E-state index is 9.52. The summed E-state index contributed by atoms with van der Waals surface area (Å²) in [6.45, 7) is 6.65. The molecule has 3 heteroatoms. The SMILES string of the molecule is C=CCN1CCC(C#N)(c2ccccc2)CC1.Cl. The lowest BCUT2D eigenvalue weighted by Gasteiger charge is -2.37. The molecule has 18 heavy (non-hydrogen) atoms. The summed E-state index contributed by atoms with van der Waals surface area (Å²) in [7, 11) is 0. The van der Waals surface area contributed by atoms with E-state index in [1.54, 1.807) is 0 Å². The maximum atomic E-state index is 9.52. The Hall–Kier alpha value is -1.30. The number of rotatable bonds is 3. The van der Waals surface area contributed by atoms with E-state index in [0.29, 0.717) is 0 Å². The van der Waals surface area contributed by atoms with Gasteiger partial charge in [-0.05, 0) is 18.4 Å². The number of likely N-dealkylation sites (tertiary alicyclic amines) is 1. The first-order valence-corrected chi connectivity index (χ1v) is 6.11. The molecule has 96 valence electrons. The highest BCUT2D eigenvalue weighted by molar-refractivity contribution is 5.85. The predicted molar refractivity (Wildman–Crippen MR) is 76.9 cm³/mol. The molecule has 0 spiro atoms. The van der Waals surface area contributed by atoms with Crippen LogP contribution < -0.4 is 0 Å². The molecule has 1 aromatic carbocycles. The molecule has 0 bridgehead atoms. The van der Waals surface area contributed by atoms with Gasteiger partial charge >= 0.3 is 0 Å². The van der Waals surface area contributed by atoms with Gasteiger partial charge in [-0.15, -0.1) is 19.0 Å². The average molecular weight is 263 g/mol. The number of nitrogens with zero attached hydrogens (tertiary/aromatic N) is 2. The average Bonchev–Trinajstić information content (AvgIpc) is 2.41. The van der Waals surface area contributed by atoms with Gasteiger partial charge in [0, 0.05) is 19.6 Å². The summed E-state index contributed by atoms with van der Waals surface area (Å²) >= 11 is 0. The topological polar surface area (TPSA) is 27.0 Å². The Morgan fingerprint density at radius 3 is 2.39 bits per heavy atom. The molecule has 0 radical (unpaired) electrons. The Labute approximate surface area is 115 Å². The molecule has 1 saturated heterocycles. The summed E-state index contributed by atoms with van der Waals surface area (Å²) in [5, 5.41) is 9.52. The zero-order chi connectivity index (χ0) is 12.1. The van der Waals surface area contributed by atoms with E-state index in [4.69, 9.17) is 0 Å². The minimum atomic E-state index is -0.279. The molecule has 0 N–H and O–H groups in total. The minimum Gasteiger partial charge on any atom is -0.300 e. The van der Waals surface area contributed by atoms with Crippen molar-refractivity contribution < 1.29 is 0 Å². The highest BCUT2D eigenvalue weighted by atomic mass is 35.5. The van der Waals surface area contributed by atoms with Gasteiger partial charge in [0.05, 0.1) is 11.5 Å². The quantitative estimate of drug-likeness (QED) is 0.783. The first-order valence-electron chi connectivity index (χ1n) is 6.11. The van der Waals surface area contributed by atoms with Crippen LogP contribution in [0.1, 0.15) is 18.4 Å². The van der Waals surface area contributed by atoms with Crippen molar-refractivity contribution in [3.8, 4) is 6.07 Å². The van der Waals surface area contributed by atoms with Crippen molar-refractivity contribution >= 4 is 12.4 Å². The van der Waals surface area contributed by atoms with Crippen molar-refractivity contribution in [3.05, 3.63) is 48.6 Å². The van der Waals surface area contributed by atoms with Crippen molar-refractivity contribution in [2.75, 3.05) is 19.6 Å². The maximum Gasteiger partial charge on any atom is 0.0846 e. The monoisotopic (exact) mass is 262 g/mol. The van der Waals surface area contributed by atoms with Crippen LogP contribution in [-0.4, -0.2) is 24.5 Å². The highest BCUT2D eigenvalue weighted by Gasteiger charge is 2.35. The Morgan fingerprint density at radius 2 is 1.89 bits per heavy atom. The lowest BCUT2D eigenvalue weighted by Crippen LogP contribution is -2.41. The van der Waals surface area contributed by atoms with Gasteiger partial charge in [0.15, 0.2) is 0 Å². The van der Waals surface area contributed by atoms with Crippen LogP contribution in [0.2, 0.25) is 0 Å². The van der Waals surface area contributed by atoms with Crippen LogP contribution in [0.4, 0.5) is 0 Å². The number of benzene rings is 1. The zero-order valence-electron chi connectivity index (χ0n) is 10.5. The molecule has 1 aromatic rings. The summed E-state index contributed by atoms with van der Waals surface area (Å²) in [6.07, 6.45) is 3.77. The molecule has 1 aliphatic rings. The van der Waals surface area contributed by atoms with Crippen LogP contribution >= 0.6 is 12.4 Å². The summed E-state index contributed by atoms with van der Waals surface area (Å²) in [6, 6.07) is 12.7. The van der Waals surface area contributed by atoms with Gasteiger partial charge in [0.2, 0.25) is 0 Å². The standard InChI is InChI=1S/C15H18N2.ClH/c1-2-10-17-11-8-15(13-16,9-12-17)14-6-4-3-5-7-14;/h2-7H,1,8-12H2;1H. The van der Waals surface area contributed by atoms with Crippen molar-refractivity contribution in [1.29, 1.82) is 5.26 Å². The molecule has 1 heterocycles. The van der Waals surface area contributed by atoms with E-state index in [-0.39, 0.29) is 17.8 Å². The van der Waals surface area contributed by atoms with Gasteiger partial charge in [-0.25, -0.2) is 0 Å². The van der Waals surface area contributed by atoms with Crippen LogP contribution in [0.3, 0.4) is 0 Å². The number of halogens is 1. The van der Waals surface area contributed by atoms with Gasteiger partial charge in [-0.3, -0.25) is 4.90 Å². The number of hydrogen-bond acceptors (Lipinski definition) is 2. The molecule has 0 aromatic heterocycles. The molecule has 0 aliphatic carbocycles. The summed E-state index contributed by atoms with van der Waals surface area (Å²) in [5.74, 6) is 0. The second-order valence-electron chi connectivity index (χ2n) is 4.65. The lowest BCUT2D eigenvalue weighted by atomic mass is 9.74. The van der Waals surface area contributed by atoms with E-state index >= 15 is 0 Å². The predicted octanol–water partition coefficient (Wildman–Crippen LogP) is 3.15. The second-order valence-corrected chi connectivity index (χ2v) is 4.65. The number of nitriles is 1. The van der Waals surface area contributed by atoms with Crippen LogP contribution in [0, 0.1) is 11.3 Å². The number of hydrogen-bond donors (Lipinski definition) is 0. The minimum absolute atomic E-state index is 0. The van der Waals surface area contributed by atoms with Crippen LogP contribution in [-0.2, 0) is 5.41 Å². The molecule has 1 fully saturated rings. The fourth-order valence-electron chi connectivity index (χ4n) is 2.52. The van der Waals surface area contributed by atoms with Crippen LogP contribution in [0.15, 0.2) is 43.0 Å². The number of piperidine rings is 1. The van der Waals surface area contributed by atoms with Crippen molar-refractivity contribution in [2.45, 2.75) is 18.3 Å². The Balaban J connectivity index is 0.00000162. The van der Waals surface area contributed by atoms with E-state index < -0.39 is 0 Å². The largest absolute Gasteiger partial charge is 0.300 e. The second kappa shape index (κ2) is 6.58. The van der Waals surface area contributed by atoms with Gasteiger partial charge in [-0.1, -0.05) is 36.4 Å². The molecular formula is C15H19ClN2. The van der Waals surface area contributed by atoms with Gasteiger partial charge < -0.3 is 0 Å². The molecule has 0 amide bonds. The first-order chi connectivity index (χ1) is 8.30. The van der Waals surface area contributed by atoms with Crippen molar-refractivity contribution in [2.24, 2.45) is 0 Å². The molecule has 0 atom stereocenters. The van der Waals surface area contributed by atoms with E-state index in [1.807, 2.05) is 24.3 Å². The Morgan fingerprint density at radius 1 is 1.28 bits per heavy atom. The lowest BCUT2D eigenvalue weighted by molar-refractivity contribution is 0.203. The summed E-state index contributed by atoms with van der Waals surface area (Å²) in [4.78, 5) is 2.35. The van der Waals surface area contributed by atoms with Gasteiger partial charge in [0.25, 0.3) is 0 Å². The molecule has 1 aliphatic heterocycles. The summed E-state index contributed by atoms with van der Waals surface area (Å²) in [5.41, 5.74) is 0.889. The smallest absolute Gasteiger partial charge is 0.0846 e. The third-order valence-corrected chi connectivity index (χ3v) is 3.64. The van der Waals surface area contributed by atoms with E-state index in [1.165, 1.54) is 5.56 Å². The van der Waals surface area contributed by atoms with E-state index in [0.717, 1.165) is 32.5 Å². The van der Waals surface area contributed by atoms with E-state index in [2.05, 4.69) is 29.7 Å². The third kappa shape index (κ3) is 2.93. The molecule has 0 saturated carbocycles. The van der Waals surface area contributed by atoms with Crippen molar-refractivity contribution in [3.63, 3.8) is 0 Å². The molecule has 2 nitrogen and oxygen atoms in total. The Bertz CT molecular complexity index is 414. The van der Waals surface area contributed by atoms with E-state index in [9.17, 15) is 5.26 Å². The van der Waals surface area contributed by atoms with Gasteiger partial charge in [0.1, 0.15) is 0 Å². The fraction of sp³-hybridized carbons (Fsp3) is 0.400. The Kier molecular flexibility index (Phi) is 5.40. The zero-order valence-corrected chi connectivity index (χ0v) is 11.3.